The molecule has 0 saturated heterocycles. The van der Waals surface area contributed by atoms with Gasteiger partial charge in [0.2, 0.25) is 0 Å². The molecule has 0 radical (unpaired) electrons. The first kappa shape index (κ1) is 15.9. The van der Waals surface area contributed by atoms with Gasteiger partial charge in [-0.25, -0.2) is 8.78 Å². The Hall–Kier alpha value is -3.11. The predicted molar refractivity (Wildman–Crippen MR) is 69.6 cm³/mol. The molecule has 0 saturated carbocycles. The normalized spacial score (nSPS) is 9.24. The molecule has 0 aliphatic carbocycles. The van der Waals surface area contributed by atoms with E-state index in [0.29, 0.717) is 0 Å². The number of nitriles is 3. The SMILES string of the molecule is CC(C)Oc1c(F)cc(NC(C#N)=C(C#N)C#N)cc1F. The van der Waals surface area contributed by atoms with Crippen LogP contribution in [0.15, 0.2) is 23.4 Å². The van der Waals surface area contributed by atoms with E-state index < -0.39 is 34.8 Å². The van der Waals surface area contributed by atoms with E-state index in [9.17, 15) is 8.78 Å². The Kier molecular flexibility index (Phi) is 5.23. The molecule has 0 aromatic heterocycles. The van der Waals surface area contributed by atoms with Crippen molar-refractivity contribution < 1.29 is 13.5 Å². The number of ether oxygens (including phenoxy) is 1. The molecule has 0 amide bonds. The first-order valence-corrected chi connectivity index (χ1v) is 5.80. The lowest BCUT2D eigenvalue weighted by Gasteiger charge is -2.13. The maximum Gasteiger partial charge on any atom is 0.191 e. The van der Waals surface area contributed by atoms with Crippen LogP contribution in [0, 0.1) is 45.6 Å². The van der Waals surface area contributed by atoms with E-state index in [0.717, 1.165) is 12.1 Å². The van der Waals surface area contributed by atoms with Crippen LogP contribution in [0.1, 0.15) is 13.8 Å². The number of anilines is 1. The molecule has 21 heavy (non-hydrogen) atoms. The summed E-state index contributed by atoms with van der Waals surface area (Å²) in [6.45, 7) is 3.24. The summed E-state index contributed by atoms with van der Waals surface area (Å²) in [4.78, 5) is 0. The number of nitrogens with one attached hydrogen (secondary N) is 1. The largest absolute Gasteiger partial charge is 0.485 e. The van der Waals surface area contributed by atoms with E-state index in [1.165, 1.54) is 12.1 Å². The third-order valence-electron chi connectivity index (χ3n) is 2.21. The molecule has 1 N–H and O–H groups in total. The van der Waals surface area contributed by atoms with Crippen LogP contribution in [0.2, 0.25) is 0 Å². The fraction of sp³-hybridized carbons (Fsp3) is 0.214. The molecule has 0 aliphatic rings. The van der Waals surface area contributed by atoms with Gasteiger partial charge in [-0.2, -0.15) is 15.8 Å². The number of nitrogens with zero attached hydrogens (tertiary/aromatic N) is 3. The van der Waals surface area contributed by atoms with Crippen LogP contribution < -0.4 is 10.1 Å². The number of hydrogen-bond acceptors (Lipinski definition) is 5. The van der Waals surface area contributed by atoms with Gasteiger partial charge in [0.25, 0.3) is 0 Å². The molecule has 0 fully saturated rings. The van der Waals surface area contributed by atoms with E-state index in [-0.39, 0.29) is 5.69 Å². The van der Waals surface area contributed by atoms with Gasteiger partial charge in [0.05, 0.1) is 6.10 Å². The van der Waals surface area contributed by atoms with Crippen LogP contribution in [0.3, 0.4) is 0 Å². The van der Waals surface area contributed by atoms with Crippen molar-refractivity contribution in [1.29, 1.82) is 15.8 Å². The van der Waals surface area contributed by atoms with Crippen molar-refractivity contribution in [3.8, 4) is 24.0 Å². The molecular formula is C14H10F2N4O. The standard InChI is InChI=1S/C14H10F2N4O/c1-8(2)21-14-11(15)3-10(4-12(14)16)20-13(7-19)9(5-17)6-18/h3-4,8,20H,1-2H3. The highest BCUT2D eigenvalue weighted by Gasteiger charge is 2.15. The fourth-order valence-electron chi connectivity index (χ4n) is 1.41. The lowest BCUT2D eigenvalue weighted by atomic mass is 10.2. The second-order valence-electron chi connectivity index (χ2n) is 4.15. The van der Waals surface area contributed by atoms with Crippen LogP contribution >= 0.6 is 0 Å². The summed E-state index contributed by atoms with van der Waals surface area (Å²) in [6.07, 6.45) is -0.411. The van der Waals surface area contributed by atoms with Gasteiger partial charge >= 0.3 is 0 Å². The highest BCUT2D eigenvalue weighted by Crippen LogP contribution is 2.27. The highest BCUT2D eigenvalue weighted by molar-refractivity contribution is 5.59. The zero-order valence-electron chi connectivity index (χ0n) is 11.2. The number of rotatable bonds is 4. The van der Waals surface area contributed by atoms with Crippen LogP contribution in [0.4, 0.5) is 14.5 Å². The summed E-state index contributed by atoms with van der Waals surface area (Å²) in [5, 5.41) is 28.5. The monoisotopic (exact) mass is 288 g/mol. The predicted octanol–water partition coefficient (Wildman–Crippen LogP) is 2.99. The quantitative estimate of drug-likeness (QED) is 0.860. The maximum atomic E-state index is 13.8. The van der Waals surface area contributed by atoms with Crippen molar-refractivity contribution in [2.45, 2.75) is 20.0 Å². The topological polar surface area (TPSA) is 92.6 Å². The fourth-order valence-corrected chi connectivity index (χ4v) is 1.41. The molecule has 0 aliphatic heterocycles. The minimum absolute atomic E-state index is 0.111. The Labute approximate surface area is 120 Å². The number of hydrogen-bond donors (Lipinski definition) is 1. The van der Waals surface area contributed by atoms with E-state index in [1.807, 2.05) is 0 Å². The van der Waals surface area contributed by atoms with Gasteiger partial charge in [-0.05, 0) is 13.8 Å². The van der Waals surface area contributed by atoms with Crippen LogP contribution in [0.25, 0.3) is 0 Å². The zero-order chi connectivity index (χ0) is 16.0. The van der Waals surface area contributed by atoms with Gasteiger partial charge in [-0.3, -0.25) is 0 Å². The third-order valence-corrected chi connectivity index (χ3v) is 2.21. The van der Waals surface area contributed by atoms with Gasteiger partial charge < -0.3 is 10.1 Å². The first-order chi connectivity index (χ1) is 9.92. The Bertz CT molecular complexity index is 666. The summed E-state index contributed by atoms with van der Waals surface area (Å²) < 4.78 is 32.5. The lowest BCUT2D eigenvalue weighted by molar-refractivity contribution is 0.219. The molecule has 0 bridgehead atoms. The average Bonchev–Trinajstić information content (AvgIpc) is 2.42. The summed E-state index contributed by atoms with van der Waals surface area (Å²) in [5.41, 5.74) is -0.988. The molecule has 5 nitrogen and oxygen atoms in total. The van der Waals surface area contributed by atoms with E-state index >= 15 is 0 Å². The van der Waals surface area contributed by atoms with Crippen molar-refractivity contribution in [2.75, 3.05) is 5.32 Å². The van der Waals surface area contributed by atoms with Gasteiger partial charge in [0.1, 0.15) is 23.9 Å². The Balaban J connectivity index is 3.20. The molecule has 0 unspecified atom stereocenters. The molecule has 0 heterocycles. The molecule has 1 aromatic carbocycles. The highest BCUT2D eigenvalue weighted by atomic mass is 19.1. The first-order valence-electron chi connectivity index (χ1n) is 5.80. The third kappa shape index (κ3) is 3.92. The molecule has 106 valence electrons. The van der Waals surface area contributed by atoms with Crippen molar-refractivity contribution in [3.63, 3.8) is 0 Å². The smallest absolute Gasteiger partial charge is 0.191 e. The summed E-state index contributed by atoms with van der Waals surface area (Å²) in [7, 11) is 0. The van der Waals surface area contributed by atoms with Gasteiger partial charge in [-0.15, -0.1) is 0 Å². The Morgan fingerprint density at radius 1 is 1.10 bits per heavy atom. The van der Waals surface area contributed by atoms with Crippen LogP contribution in [-0.2, 0) is 0 Å². The number of benzene rings is 1. The number of halogens is 2. The summed E-state index contributed by atoms with van der Waals surface area (Å²) in [6, 6.07) is 6.42. The van der Waals surface area contributed by atoms with Crippen molar-refractivity contribution in [1.82, 2.24) is 0 Å². The van der Waals surface area contributed by atoms with Crippen LogP contribution in [0.5, 0.6) is 5.75 Å². The van der Waals surface area contributed by atoms with Gasteiger partial charge in [0, 0.05) is 17.8 Å². The summed E-state index contributed by atoms with van der Waals surface area (Å²) in [5.74, 6) is -2.45. The van der Waals surface area contributed by atoms with E-state index in [1.54, 1.807) is 19.9 Å². The van der Waals surface area contributed by atoms with Crippen molar-refractivity contribution in [2.24, 2.45) is 0 Å². The molecule has 1 aromatic rings. The Morgan fingerprint density at radius 3 is 2.00 bits per heavy atom. The zero-order valence-corrected chi connectivity index (χ0v) is 11.2. The maximum absolute atomic E-state index is 13.8. The van der Waals surface area contributed by atoms with Crippen molar-refractivity contribution in [3.05, 3.63) is 35.0 Å². The molecule has 0 atom stereocenters. The molecule has 1 rings (SSSR count). The van der Waals surface area contributed by atoms with Crippen molar-refractivity contribution >= 4 is 5.69 Å². The Morgan fingerprint density at radius 2 is 1.62 bits per heavy atom. The molecule has 0 spiro atoms. The molecule has 7 heteroatoms. The van der Waals surface area contributed by atoms with Gasteiger partial charge in [0.15, 0.2) is 23.0 Å². The minimum Gasteiger partial charge on any atom is -0.485 e. The van der Waals surface area contributed by atoms with Gasteiger partial charge in [-0.1, -0.05) is 0 Å². The minimum atomic E-state index is -0.959. The second-order valence-corrected chi connectivity index (χ2v) is 4.15. The van der Waals surface area contributed by atoms with E-state index in [2.05, 4.69) is 5.32 Å². The van der Waals surface area contributed by atoms with Crippen LogP contribution in [-0.4, -0.2) is 6.10 Å². The second kappa shape index (κ2) is 6.88. The summed E-state index contributed by atoms with van der Waals surface area (Å²) >= 11 is 0. The molecular weight excluding hydrogens is 278 g/mol. The number of allylic oxidation sites excluding steroid dienone is 2. The lowest BCUT2D eigenvalue weighted by Crippen LogP contribution is -2.09. The average molecular weight is 288 g/mol. The van der Waals surface area contributed by atoms with E-state index in [4.69, 9.17) is 20.5 Å².